The van der Waals surface area contributed by atoms with E-state index in [1.807, 2.05) is 6.92 Å². The molecule has 0 saturated heterocycles. The molecule has 0 fully saturated rings. The summed E-state index contributed by atoms with van der Waals surface area (Å²) in [6, 6.07) is 5.21. The minimum absolute atomic E-state index is 0.0666. The molecule has 1 unspecified atom stereocenters. The van der Waals surface area contributed by atoms with E-state index < -0.39 is 6.10 Å². The van der Waals surface area contributed by atoms with E-state index in [0.29, 0.717) is 23.7 Å². The van der Waals surface area contributed by atoms with Gasteiger partial charge in [-0.1, -0.05) is 11.6 Å². The molecule has 5 nitrogen and oxygen atoms in total. The van der Waals surface area contributed by atoms with Gasteiger partial charge >= 0.3 is 0 Å². The quantitative estimate of drug-likeness (QED) is 0.764. The Kier molecular flexibility index (Phi) is 7.36. The lowest BCUT2D eigenvalue weighted by molar-refractivity contribution is -0.123. The molecule has 0 aliphatic carbocycles. The number of hydrogen-bond acceptors (Lipinski definition) is 4. The van der Waals surface area contributed by atoms with E-state index in [-0.39, 0.29) is 19.1 Å². The molecule has 0 heterocycles. The molecule has 0 saturated carbocycles. The summed E-state index contributed by atoms with van der Waals surface area (Å²) in [5, 5.41) is 12.7. The molecule has 1 amide bonds. The first-order valence-electron chi connectivity index (χ1n) is 6.35. The highest BCUT2D eigenvalue weighted by Crippen LogP contribution is 2.21. The maximum absolute atomic E-state index is 11.6. The predicted octanol–water partition coefficient (Wildman–Crippen LogP) is 1.54. The van der Waals surface area contributed by atoms with Crippen LogP contribution in [0.5, 0.6) is 5.75 Å². The summed E-state index contributed by atoms with van der Waals surface area (Å²) in [6.07, 6.45) is -0.126. The van der Waals surface area contributed by atoms with Crippen molar-refractivity contribution in [2.45, 2.75) is 19.4 Å². The van der Waals surface area contributed by atoms with Gasteiger partial charge in [0, 0.05) is 18.7 Å². The van der Waals surface area contributed by atoms with Crippen LogP contribution in [0.1, 0.15) is 12.0 Å². The fourth-order valence-electron chi connectivity index (χ4n) is 1.62. The Bertz CT molecular complexity index is 439. The fraction of sp³-hybridized carbons (Fsp3) is 0.500. The normalized spacial score (nSPS) is 12.0. The third-order valence-electron chi connectivity index (χ3n) is 2.65. The monoisotopic (exact) mass is 301 g/mol. The SMILES string of the molecule is COCC(O)CCNC(=O)COc1ccc(Cl)cc1C. The summed E-state index contributed by atoms with van der Waals surface area (Å²) in [4.78, 5) is 11.6. The second-order valence-corrected chi connectivity index (χ2v) is 4.88. The zero-order chi connectivity index (χ0) is 15.0. The molecule has 1 rings (SSSR count). The number of carbonyl (C=O) groups is 1. The molecule has 2 N–H and O–H groups in total. The van der Waals surface area contributed by atoms with E-state index in [1.165, 1.54) is 7.11 Å². The van der Waals surface area contributed by atoms with E-state index in [0.717, 1.165) is 5.56 Å². The van der Waals surface area contributed by atoms with Crippen LogP contribution in [0.3, 0.4) is 0 Å². The van der Waals surface area contributed by atoms with Crippen molar-refractivity contribution in [1.82, 2.24) is 5.32 Å². The van der Waals surface area contributed by atoms with Crippen LogP contribution >= 0.6 is 11.6 Å². The number of amides is 1. The van der Waals surface area contributed by atoms with Crippen molar-refractivity contribution in [1.29, 1.82) is 0 Å². The average Bonchev–Trinajstić information content (AvgIpc) is 2.38. The molecule has 0 spiro atoms. The van der Waals surface area contributed by atoms with E-state index in [1.54, 1.807) is 18.2 Å². The zero-order valence-corrected chi connectivity index (χ0v) is 12.4. The number of aliphatic hydroxyl groups is 1. The van der Waals surface area contributed by atoms with Gasteiger partial charge < -0.3 is 19.9 Å². The zero-order valence-electron chi connectivity index (χ0n) is 11.7. The van der Waals surface area contributed by atoms with Crippen LogP contribution < -0.4 is 10.1 Å². The van der Waals surface area contributed by atoms with Gasteiger partial charge in [0.15, 0.2) is 6.61 Å². The van der Waals surface area contributed by atoms with Crippen molar-refractivity contribution < 1.29 is 19.4 Å². The minimum atomic E-state index is -0.570. The number of benzene rings is 1. The Balaban J connectivity index is 2.26. The molecule has 6 heteroatoms. The number of aliphatic hydroxyl groups excluding tert-OH is 1. The molecule has 112 valence electrons. The summed E-state index contributed by atoms with van der Waals surface area (Å²) in [6.45, 7) is 2.44. The molecule has 1 aromatic carbocycles. The Morgan fingerprint density at radius 1 is 1.50 bits per heavy atom. The van der Waals surface area contributed by atoms with Crippen molar-refractivity contribution in [2.24, 2.45) is 0 Å². The topological polar surface area (TPSA) is 67.8 Å². The van der Waals surface area contributed by atoms with E-state index in [2.05, 4.69) is 5.32 Å². The number of rotatable bonds is 8. The highest BCUT2D eigenvalue weighted by molar-refractivity contribution is 6.30. The third-order valence-corrected chi connectivity index (χ3v) is 2.89. The van der Waals surface area contributed by atoms with Crippen LogP contribution in [0.2, 0.25) is 5.02 Å². The average molecular weight is 302 g/mol. The van der Waals surface area contributed by atoms with Crippen LogP contribution in [-0.4, -0.2) is 44.0 Å². The lowest BCUT2D eigenvalue weighted by Gasteiger charge is -2.11. The summed E-state index contributed by atoms with van der Waals surface area (Å²) < 4.78 is 10.2. The molecule has 0 aromatic heterocycles. The number of ether oxygens (including phenoxy) is 2. The van der Waals surface area contributed by atoms with E-state index in [4.69, 9.17) is 21.1 Å². The molecule has 1 aromatic rings. The van der Waals surface area contributed by atoms with Gasteiger partial charge in [-0.2, -0.15) is 0 Å². The van der Waals surface area contributed by atoms with Crippen molar-refractivity contribution in [3.05, 3.63) is 28.8 Å². The van der Waals surface area contributed by atoms with Gasteiger partial charge in [0.1, 0.15) is 5.75 Å². The first-order valence-corrected chi connectivity index (χ1v) is 6.73. The molecular formula is C14H20ClNO4. The number of nitrogens with one attached hydrogen (secondary N) is 1. The maximum Gasteiger partial charge on any atom is 0.257 e. The van der Waals surface area contributed by atoms with Crippen LogP contribution in [-0.2, 0) is 9.53 Å². The molecule has 0 bridgehead atoms. The van der Waals surface area contributed by atoms with E-state index in [9.17, 15) is 9.90 Å². The van der Waals surface area contributed by atoms with Crippen LogP contribution in [0, 0.1) is 6.92 Å². The first kappa shape index (κ1) is 16.8. The second kappa shape index (κ2) is 8.79. The molecule has 0 aliphatic rings. The van der Waals surface area contributed by atoms with Gasteiger partial charge in [-0.05, 0) is 37.1 Å². The predicted molar refractivity (Wildman–Crippen MR) is 77.2 cm³/mol. The van der Waals surface area contributed by atoms with E-state index >= 15 is 0 Å². The number of hydrogen-bond donors (Lipinski definition) is 2. The largest absolute Gasteiger partial charge is 0.484 e. The van der Waals surface area contributed by atoms with Crippen LogP contribution in [0.4, 0.5) is 0 Å². The first-order chi connectivity index (χ1) is 9.52. The van der Waals surface area contributed by atoms with Gasteiger partial charge in [0.05, 0.1) is 12.7 Å². The van der Waals surface area contributed by atoms with Gasteiger partial charge in [0.2, 0.25) is 0 Å². The molecule has 0 radical (unpaired) electrons. The van der Waals surface area contributed by atoms with Crippen molar-refractivity contribution in [2.75, 3.05) is 26.9 Å². The van der Waals surface area contributed by atoms with Gasteiger partial charge in [-0.15, -0.1) is 0 Å². The van der Waals surface area contributed by atoms with Gasteiger partial charge in [-0.25, -0.2) is 0 Å². The fourth-order valence-corrected chi connectivity index (χ4v) is 1.85. The van der Waals surface area contributed by atoms with Crippen molar-refractivity contribution in [3.8, 4) is 5.75 Å². The molecular weight excluding hydrogens is 282 g/mol. The van der Waals surface area contributed by atoms with Crippen molar-refractivity contribution in [3.63, 3.8) is 0 Å². The molecule has 20 heavy (non-hydrogen) atoms. The van der Waals surface area contributed by atoms with Crippen molar-refractivity contribution >= 4 is 17.5 Å². The summed E-state index contributed by atoms with van der Waals surface area (Å²) in [5.41, 5.74) is 0.876. The van der Waals surface area contributed by atoms with Crippen LogP contribution in [0.15, 0.2) is 18.2 Å². The van der Waals surface area contributed by atoms with Gasteiger partial charge in [0.25, 0.3) is 5.91 Å². The summed E-state index contributed by atoms with van der Waals surface area (Å²) in [5.74, 6) is 0.396. The maximum atomic E-state index is 11.6. The smallest absolute Gasteiger partial charge is 0.257 e. The lowest BCUT2D eigenvalue weighted by Crippen LogP contribution is -2.32. The minimum Gasteiger partial charge on any atom is -0.484 e. The highest BCUT2D eigenvalue weighted by atomic mass is 35.5. The van der Waals surface area contributed by atoms with Gasteiger partial charge in [-0.3, -0.25) is 4.79 Å². The lowest BCUT2D eigenvalue weighted by atomic mass is 10.2. The molecule has 0 aliphatic heterocycles. The third kappa shape index (κ3) is 6.23. The number of methoxy groups -OCH3 is 1. The Hall–Kier alpha value is -1.30. The van der Waals surface area contributed by atoms with Crippen LogP contribution in [0.25, 0.3) is 0 Å². The Morgan fingerprint density at radius 2 is 2.25 bits per heavy atom. The molecule has 1 atom stereocenters. The number of halogens is 1. The standard InChI is InChI=1S/C14H20ClNO4/c1-10-7-11(15)3-4-13(10)20-9-14(18)16-6-5-12(17)8-19-2/h3-4,7,12,17H,5-6,8-9H2,1-2H3,(H,16,18). The Morgan fingerprint density at radius 3 is 2.90 bits per heavy atom. The second-order valence-electron chi connectivity index (χ2n) is 4.45. The number of aryl methyl sites for hydroxylation is 1. The number of carbonyl (C=O) groups excluding carboxylic acids is 1. The highest BCUT2D eigenvalue weighted by Gasteiger charge is 2.07. The summed E-state index contributed by atoms with van der Waals surface area (Å²) >= 11 is 5.83. The Labute approximate surface area is 123 Å². The summed E-state index contributed by atoms with van der Waals surface area (Å²) in [7, 11) is 1.52.